The average molecular weight is 256 g/mol. The van der Waals surface area contributed by atoms with Crippen molar-refractivity contribution in [2.75, 3.05) is 5.73 Å². The van der Waals surface area contributed by atoms with Gasteiger partial charge in [0.05, 0.1) is 0 Å². The second kappa shape index (κ2) is 4.12. The Morgan fingerprint density at radius 3 is 2.74 bits per heavy atom. The fourth-order valence-corrected chi connectivity index (χ4v) is 3.40. The Labute approximate surface area is 113 Å². The van der Waals surface area contributed by atoms with Crippen LogP contribution in [0.25, 0.3) is 10.8 Å². The Bertz CT molecular complexity index is 685. The molecule has 1 aliphatic rings. The highest BCUT2D eigenvalue weighted by Gasteiger charge is 2.37. The monoisotopic (exact) mass is 256 g/mol. The zero-order valence-corrected chi connectivity index (χ0v) is 11.5. The van der Waals surface area contributed by atoms with Gasteiger partial charge in [-0.2, -0.15) is 0 Å². The van der Waals surface area contributed by atoms with Gasteiger partial charge in [0.15, 0.2) is 0 Å². The van der Waals surface area contributed by atoms with Gasteiger partial charge in [-0.1, -0.05) is 38.5 Å². The Morgan fingerprint density at radius 2 is 2.05 bits per heavy atom. The molecule has 0 bridgehead atoms. The lowest BCUT2D eigenvalue weighted by molar-refractivity contribution is 0.259. The summed E-state index contributed by atoms with van der Waals surface area (Å²) in [5, 5.41) is 1.69. The van der Waals surface area contributed by atoms with E-state index in [2.05, 4.69) is 13.8 Å². The zero-order chi connectivity index (χ0) is 13.6. The van der Waals surface area contributed by atoms with Crippen molar-refractivity contribution in [2.24, 2.45) is 5.41 Å². The second-order valence-electron chi connectivity index (χ2n) is 6.23. The molecule has 0 aliphatic heterocycles. The van der Waals surface area contributed by atoms with Crippen LogP contribution in [0.15, 0.2) is 35.1 Å². The molecule has 2 N–H and O–H groups in total. The lowest BCUT2D eigenvalue weighted by Gasteiger charge is -2.30. The third-order valence-electron chi connectivity index (χ3n) is 4.50. The number of nitrogens with zero attached hydrogens (tertiary/aromatic N) is 1. The minimum atomic E-state index is 0.0515. The molecule has 19 heavy (non-hydrogen) atoms. The van der Waals surface area contributed by atoms with Crippen LogP contribution in [0.2, 0.25) is 0 Å². The molecule has 1 unspecified atom stereocenters. The maximum atomic E-state index is 12.7. The lowest BCUT2D eigenvalue weighted by Crippen LogP contribution is -2.32. The predicted molar refractivity (Wildman–Crippen MR) is 79.3 cm³/mol. The van der Waals surface area contributed by atoms with Gasteiger partial charge in [0.2, 0.25) is 0 Å². The molecule has 0 radical (unpaired) electrons. The van der Waals surface area contributed by atoms with Gasteiger partial charge >= 0.3 is 0 Å². The van der Waals surface area contributed by atoms with Crippen LogP contribution in [0.1, 0.15) is 39.2 Å². The summed E-state index contributed by atoms with van der Waals surface area (Å²) < 4.78 is 1.81. The normalized spacial score (nSPS) is 21.9. The quantitative estimate of drug-likeness (QED) is 0.850. The number of fused-ring (bicyclic) bond motifs is 1. The number of aromatic nitrogens is 1. The molecule has 3 nitrogen and oxygen atoms in total. The molecule has 1 aromatic carbocycles. The van der Waals surface area contributed by atoms with E-state index in [0.29, 0.717) is 5.82 Å². The highest BCUT2D eigenvalue weighted by atomic mass is 16.1. The summed E-state index contributed by atoms with van der Waals surface area (Å²) in [6.07, 6.45) is 3.35. The van der Waals surface area contributed by atoms with Crippen molar-refractivity contribution in [1.82, 2.24) is 4.57 Å². The van der Waals surface area contributed by atoms with Crippen molar-refractivity contribution in [3.05, 3.63) is 40.7 Å². The lowest BCUT2D eigenvalue weighted by atomic mass is 9.87. The van der Waals surface area contributed by atoms with E-state index in [1.807, 2.05) is 34.9 Å². The fourth-order valence-electron chi connectivity index (χ4n) is 3.40. The van der Waals surface area contributed by atoms with Crippen molar-refractivity contribution in [3.63, 3.8) is 0 Å². The number of hydrogen-bond acceptors (Lipinski definition) is 2. The molecule has 0 spiro atoms. The van der Waals surface area contributed by atoms with E-state index in [1.165, 1.54) is 0 Å². The van der Waals surface area contributed by atoms with E-state index in [1.54, 1.807) is 0 Å². The highest BCUT2D eigenvalue weighted by Crippen LogP contribution is 2.46. The number of pyridine rings is 1. The molecule has 3 heteroatoms. The maximum Gasteiger partial charge on any atom is 0.260 e. The first-order chi connectivity index (χ1) is 9.00. The molecule has 0 saturated heterocycles. The molecule has 1 fully saturated rings. The van der Waals surface area contributed by atoms with Crippen LogP contribution in [-0.4, -0.2) is 4.57 Å². The molecule has 1 saturated carbocycles. The smallest absolute Gasteiger partial charge is 0.260 e. The number of rotatable bonds is 1. The van der Waals surface area contributed by atoms with E-state index >= 15 is 0 Å². The summed E-state index contributed by atoms with van der Waals surface area (Å²) in [5.74, 6) is 0.587. The summed E-state index contributed by atoms with van der Waals surface area (Å²) >= 11 is 0. The largest absolute Gasteiger partial charge is 0.385 e. The van der Waals surface area contributed by atoms with Crippen molar-refractivity contribution < 1.29 is 0 Å². The van der Waals surface area contributed by atoms with E-state index in [0.717, 1.165) is 30.0 Å². The molecule has 2 aromatic rings. The number of nitrogens with two attached hydrogens (primary N) is 1. The topological polar surface area (TPSA) is 48.0 Å². The molecule has 1 atom stereocenters. The molecular formula is C16H20N2O. The molecule has 1 heterocycles. The van der Waals surface area contributed by atoms with Crippen LogP contribution in [0.3, 0.4) is 0 Å². The maximum absolute atomic E-state index is 12.7. The fraction of sp³-hybridized carbons (Fsp3) is 0.438. The van der Waals surface area contributed by atoms with Gasteiger partial charge in [-0.15, -0.1) is 0 Å². The van der Waals surface area contributed by atoms with Gasteiger partial charge in [-0.05, 0) is 35.8 Å². The van der Waals surface area contributed by atoms with Gasteiger partial charge in [0, 0.05) is 11.4 Å². The Kier molecular flexibility index (Phi) is 2.66. The van der Waals surface area contributed by atoms with Gasteiger partial charge < -0.3 is 5.73 Å². The van der Waals surface area contributed by atoms with Gasteiger partial charge in [0.1, 0.15) is 5.82 Å². The predicted octanol–water partition coefficient (Wildman–Crippen LogP) is 3.33. The van der Waals surface area contributed by atoms with Crippen LogP contribution in [0.5, 0.6) is 0 Å². The van der Waals surface area contributed by atoms with Crippen LogP contribution in [-0.2, 0) is 0 Å². The van der Waals surface area contributed by atoms with Crippen LogP contribution >= 0.6 is 0 Å². The molecule has 100 valence electrons. The number of benzene rings is 1. The third kappa shape index (κ3) is 1.84. The first kappa shape index (κ1) is 12.3. The first-order valence-electron chi connectivity index (χ1n) is 6.90. The number of hydrogen-bond donors (Lipinski definition) is 1. The van der Waals surface area contributed by atoms with Gasteiger partial charge in [0.25, 0.3) is 5.56 Å². The molecule has 3 rings (SSSR count). The first-order valence-corrected chi connectivity index (χ1v) is 6.90. The average Bonchev–Trinajstić information content (AvgIpc) is 2.69. The Morgan fingerprint density at radius 1 is 1.32 bits per heavy atom. The van der Waals surface area contributed by atoms with Crippen molar-refractivity contribution in [3.8, 4) is 0 Å². The minimum absolute atomic E-state index is 0.0515. The van der Waals surface area contributed by atoms with Crippen molar-refractivity contribution >= 4 is 16.6 Å². The summed E-state index contributed by atoms with van der Waals surface area (Å²) in [7, 11) is 0. The standard InChI is InChI=1S/C16H20N2O/c1-16(2)9-5-8-13(16)18-14(17)10-11-6-3-4-7-12(11)15(18)19/h3-4,6-7,10,13H,5,8-9,17H2,1-2H3. The number of nitrogen functional groups attached to an aromatic ring is 1. The summed E-state index contributed by atoms with van der Waals surface area (Å²) in [6, 6.07) is 9.80. The van der Waals surface area contributed by atoms with Crippen LogP contribution in [0, 0.1) is 5.41 Å². The zero-order valence-electron chi connectivity index (χ0n) is 11.5. The van der Waals surface area contributed by atoms with Gasteiger partial charge in [-0.25, -0.2) is 0 Å². The molecule has 1 aromatic heterocycles. The minimum Gasteiger partial charge on any atom is -0.385 e. The SMILES string of the molecule is CC1(C)CCCC1n1c(N)cc2ccccc2c1=O. The summed E-state index contributed by atoms with van der Waals surface area (Å²) in [6.45, 7) is 4.46. The van der Waals surface area contributed by atoms with Gasteiger partial charge in [-0.3, -0.25) is 9.36 Å². The second-order valence-corrected chi connectivity index (χ2v) is 6.23. The van der Waals surface area contributed by atoms with E-state index < -0.39 is 0 Å². The highest BCUT2D eigenvalue weighted by molar-refractivity contribution is 5.83. The van der Waals surface area contributed by atoms with Crippen molar-refractivity contribution in [2.45, 2.75) is 39.2 Å². The summed E-state index contributed by atoms with van der Waals surface area (Å²) in [4.78, 5) is 12.7. The van der Waals surface area contributed by atoms with E-state index in [9.17, 15) is 4.79 Å². The van der Waals surface area contributed by atoms with E-state index in [4.69, 9.17) is 5.73 Å². The van der Waals surface area contributed by atoms with E-state index in [-0.39, 0.29) is 17.0 Å². The van der Waals surface area contributed by atoms with Crippen LogP contribution in [0.4, 0.5) is 5.82 Å². The Hall–Kier alpha value is -1.77. The third-order valence-corrected chi connectivity index (χ3v) is 4.50. The Balaban J connectivity index is 2.27. The summed E-state index contributed by atoms with van der Waals surface area (Å²) in [5.41, 5.74) is 6.34. The molecule has 0 amide bonds. The molecule has 1 aliphatic carbocycles. The number of anilines is 1. The molecular weight excluding hydrogens is 236 g/mol. The van der Waals surface area contributed by atoms with Crippen molar-refractivity contribution in [1.29, 1.82) is 0 Å². The van der Waals surface area contributed by atoms with Crippen LogP contribution < -0.4 is 11.3 Å².